The van der Waals surface area contributed by atoms with E-state index < -0.39 is 45.3 Å². The fourth-order valence-corrected chi connectivity index (χ4v) is 5.25. The van der Waals surface area contributed by atoms with E-state index in [1.807, 2.05) is 13.8 Å². The predicted molar refractivity (Wildman–Crippen MR) is 140 cm³/mol. The van der Waals surface area contributed by atoms with Crippen LogP contribution < -0.4 is 74.5 Å². The first-order valence-corrected chi connectivity index (χ1v) is 15.1. The van der Waals surface area contributed by atoms with Crippen LogP contribution in [0.4, 0.5) is 11.4 Å². The van der Waals surface area contributed by atoms with Crippen LogP contribution in [0.3, 0.4) is 0 Å². The van der Waals surface area contributed by atoms with Gasteiger partial charge in [0.15, 0.2) is 5.11 Å². The minimum Gasteiger partial charge on any atom is -0.744 e. The fraction of sp³-hybridized carbons (Fsp3) is 0.286. The Morgan fingerprint density at radius 2 is 1.21 bits per heavy atom. The van der Waals surface area contributed by atoms with E-state index >= 15 is 0 Å². The van der Waals surface area contributed by atoms with Crippen LogP contribution in [0.5, 0.6) is 0 Å². The maximum atomic E-state index is 12.1. The Hall–Kier alpha value is -0.560. The molecule has 0 spiro atoms. The van der Waals surface area contributed by atoms with Crippen molar-refractivity contribution in [2.75, 3.05) is 10.0 Å². The van der Waals surface area contributed by atoms with Crippen LogP contribution in [0.15, 0.2) is 46.2 Å². The van der Waals surface area contributed by atoms with Crippen LogP contribution in [-0.2, 0) is 30.3 Å². The molecule has 0 unspecified atom stereocenters. The molecule has 0 saturated heterocycles. The van der Waals surface area contributed by atoms with Crippen molar-refractivity contribution >= 4 is 71.1 Å². The molecule has 2 rings (SSSR count). The monoisotopic (exact) mass is 621 g/mol. The van der Waals surface area contributed by atoms with E-state index in [1.165, 1.54) is 38.1 Å². The Morgan fingerprint density at radius 1 is 0.789 bits per heavy atom. The van der Waals surface area contributed by atoms with Gasteiger partial charge in [0.05, 0.1) is 15.0 Å². The zero-order valence-electron chi connectivity index (χ0n) is 21.7. The van der Waals surface area contributed by atoms with E-state index in [-0.39, 0.29) is 92.8 Å². The van der Waals surface area contributed by atoms with Gasteiger partial charge < -0.3 is 19.7 Å². The quantitative estimate of drug-likeness (QED) is 0.109. The second-order valence-corrected chi connectivity index (χ2v) is 13.5. The molecule has 2 aromatic rings. The molecular formula is C21H25N3Na2O8S4. The van der Waals surface area contributed by atoms with Crippen molar-refractivity contribution in [1.82, 2.24) is 5.32 Å². The van der Waals surface area contributed by atoms with Gasteiger partial charge in [-0.3, -0.25) is 4.72 Å². The summed E-state index contributed by atoms with van der Waals surface area (Å²) in [5.41, 5.74) is -0.128. The van der Waals surface area contributed by atoms with Crippen molar-refractivity contribution in [2.45, 2.75) is 48.8 Å². The van der Waals surface area contributed by atoms with Gasteiger partial charge in [0.2, 0.25) is 10.0 Å². The normalized spacial score (nSPS) is 12.1. The van der Waals surface area contributed by atoms with Crippen LogP contribution in [0.2, 0.25) is 0 Å². The Balaban J connectivity index is 0.00000684. The summed E-state index contributed by atoms with van der Waals surface area (Å²) < 4.78 is 97.4. The standard InChI is InChI=1S/C21H27N3O8S4.2Na/c1-13(2)22-21(33)23-17-9-7-15(19(11-17)35(27,28)29)5-6-16-8-10-18(12-20(16)36(30,31)32)24-34(25,26)14(3)4;;/h5-14,24H,1-4H3,(H2,22,23,33)(H,27,28,29)(H,30,31,32);;/q;2*+1/p-2. The van der Waals surface area contributed by atoms with Crippen molar-refractivity contribution in [3.8, 4) is 0 Å². The van der Waals surface area contributed by atoms with Crippen molar-refractivity contribution in [2.24, 2.45) is 0 Å². The average molecular weight is 622 g/mol. The zero-order valence-corrected chi connectivity index (χ0v) is 28.9. The molecule has 0 aliphatic heterocycles. The van der Waals surface area contributed by atoms with E-state index in [0.717, 1.165) is 24.3 Å². The van der Waals surface area contributed by atoms with Crippen LogP contribution in [0.25, 0.3) is 12.2 Å². The molecule has 0 aliphatic rings. The summed E-state index contributed by atoms with van der Waals surface area (Å²) in [7, 11) is -13.8. The number of benzene rings is 2. The van der Waals surface area contributed by atoms with E-state index in [0.29, 0.717) is 0 Å². The third-order valence-electron chi connectivity index (χ3n) is 4.57. The van der Waals surface area contributed by atoms with Gasteiger partial charge in [0.1, 0.15) is 20.2 Å². The van der Waals surface area contributed by atoms with Crippen LogP contribution in [0.1, 0.15) is 38.8 Å². The van der Waals surface area contributed by atoms with E-state index in [9.17, 15) is 34.4 Å². The molecule has 0 saturated carbocycles. The maximum absolute atomic E-state index is 12.1. The van der Waals surface area contributed by atoms with Crippen molar-refractivity contribution in [3.05, 3.63) is 47.5 Å². The molecule has 0 radical (unpaired) electrons. The largest absolute Gasteiger partial charge is 1.00 e. The summed E-state index contributed by atoms with van der Waals surface area (Å²) in [6, 6.07) is 7.13. The van der Waals surface area contributed by atoms with E-state index in [2.05, 4.69) is 15.4 Å². The molecule has 3 N–H and O–H groups in total. The summed E-state index contributed by atoms with van der Waals surface area (Å²) in [6.07, 6.45) is 2.29. The summed E-state index contributed by atoms with van der Waals surface area (Å²) in [5.74, 6) is 0. The molecule has 0 heterocycles. The zero-order chi connectivity index (χ0) is 27.5. The summed E-state index contributed by atoms with van der Waals surface area (Å²) in [5, 5.41) is 5.06. The second kappa shape index (κ2) is 14.9. The van der Waals surface area contributed by atoms with Gasteiger partial charge in [-0.2, -0.15) is 0 Å². The van der Waals surface area contributed by atoms with Crippen molar-refractivity contribution in [1.29, 1.82) is 0 Å². The second-order valence-electron chi connectivity index (χ2n) is 8.20. The number of hydrogen-bond acceptors (Lipinski definition) is 9. The van der Waals surface area contributed by atoms with Gasteiger partial charge in [-0.1, -0.05) is 24.3 Å². The smallest absolute Gasteiger partial charge is 0.744 e. The number of rotatable bonds is 9. The molecular weight excluding hydrogens is 596 g/mol. The summed E-state index contributed by atoms with van der Waals surface area (Å²) in [4.78, 5) is -1.35. The molecule has 198 valence electrons. The first kappa shape index (κ1) is 37.4. The van der Waals surface area contributed by atoms with Crippen LogP contribution in [-0.4, -0.2) is 50.8 Å². The number of sulfonamides is 1. The van der Waals surface area contributed by atoms with Gasteiger partial charge in [0.25, 0.3) is 0 Å². The maximum Gasteiger partial charge on any atom is 1.00 e. The molecule has 2 aromatic carbocycles. The first-order valence-electron chi connectivity index (χ1n) is 10.4. The van der Waals surface area contributed by atoms with Gasteiger partial charge in [-0.05, 0) is 75.3 Å². The van der Waals surface area contributed by atoms with Gasteiger partial charge in [0, 0.05) is 17.4 Å². The molecule has 0 fully saturated rings. The van der Waals surface area contributed by atoms with E-state index in [1.54, 1.807) is 0 Å². The minimum absolute atomic E-state index is 0. The van der Waals surface area contributed by atoms with Gasteiger partial charge in [-0.25, -0.2) is 25.3 Å². The summed E-state index contributed by atoms with van der Waals surface area (Å²) in [6.45, 7) is 6.53. The number of anilines is 2. The predicted octanol–water partition coefficient (Wildman–Crippen LogP) is -3.48. The van der Waals surface area contributed by atoms with Crippen LogP contribution >= 0.6 is 12.2 Å². The molecule has 11 nitrogen and oxygen atoms in total. The van der Waals surface area contributed by atoms with Gasteiger partial charge in [-0.15, -0.1) is 0 Å². The summed E-state index contributed by atoms with van der Waals surface area (Å²) >= 11 is 5.11. The molecule has 0 atom stereocenters. The van der Waals surface area contributed by atoms with Gasteiger partial charge >= 0.3 is 59.1 Å². The average Bonchev–Trinajstić information content (AvgIpc) is 2.71. The van der Waals surface area contributed by atoms with Crippen LogP contribution in [0, 0.1) is 0 Å². The number of nitrogens with one attached hydrogen (secondary N) is 3. The Bertz CT molecular complexity index is 1510. The first-order chi connectivity index (χ1) is 16.4. The van der Waals surface area contributed by atoms with E-state index in [4.69, 9.17) is 12.2 Å². The molecule has 0 amide bonds. The SMILES string of the molecule is CC(C)NC(=S)Nc1ccc(C=Cc2ccc(NS(=O)(=O)C(C)C)cc2S(=O)(=O)[O-])c(S(=O)(=O)[O-])c1.[Na+].[Na+]. The fourth-order valence-electron chi connectivity index (χ4n) is 2.81. The molecule has 0 aliphatic carbocycles. The Morgan fingerprint density at radius 3 is 1.61 bits per heavy atom. The third kappa shape index (κ3) is 11.1. The molecule has 0 bridgehead atoms. The topological polar surface area (TPSA) is 185 Å². The molecule has 0 aromatic heterocycles. The van der Waals surface area contributed by atoms with Crippen molar-refractivity contribution in [3.63, 3.8) is 0 Å². The molecule has 38 heavy (non-hydrogen) atoms. The van der Waals surface area contributed by atoms with Crippen molar-refractivity contribution < 1.29 is 93.5 Å². The minimum atomic E-state index is -5.05. The third-order valence-corrected chi connectivity index (χ3v) is 8.33. The number of thiocarbonyl (C=S) groups is 1. The number of hydrogen-bond donors (Lipinski definition) is 3. The Labute approximate surface area is 273 Å². The Kier molecular flexibility index (Phi) is 14.7. The molecule has 17 heteroatoms.